The third kappa shape index (κ3) is 4.98. The van der Waals surface area contributed by atoms with E-state index in [0.717, 1.165) is 18.4 Å². The number of hydrogen-bond acceptors (Lipinski definition) is 5. The minimum absolute atomic E-state index is 0.213. The lowest BCUT2D eigenvalue weighted by Crippen LogP contribution is -2.27. The number of hydrogen-bond donors (Lipinski definition) is 0. The van der Waals surface area contributed by atoms with Crippen molar-refractivity contribution in [2.75, 3.05) is 26.8 Å². The van der Waals surface area contributed by atoms with Crippen molar-refractivity contribution in [2.24, 2.45) is 0 Å². The number of sulfonamides is 1. The molecule has 0 atom stereocenters. The summed E-state index contributed by atoms with van der Waals surface area (Å²) in [7, 11) is -1.93. The van der Waals surface area contributed by atoms with Crippen LogP contribution >= 0.6 is 0 Å². The number of benzene rings is 2. The zero-order valence-corrected chi connectivity index (χ0v) is 17.7. The number of carbonyl (C=O) groups is 1. The van der Waals surface area contributed by atoms with E-state index in [2.05, 4.69) is 6.58 Å². The smallest absolute Gasteiger partial charge is 0.243 e. The van der Waals surface area contributed by atoms with Crippen molar-refractivity contribution in [3.63, 3.8) is 0 Å². The molecule has 2 aromatic carbocycles. The van der Waals surface area contributed by atoms with Gasteiger partial charge in [-0.15, -0.1) is 0 Å². The topological polar surface area (TPSA) is 72.9 Å². The van der Waals surface area contributed by atoms with Crippen molar-refractivity contribution in [1.82, 2.24) is 4.31 Å². The maximum atomic E-state index is 12.6. The molecule has 0 N–H and O–H groups in total. The lowest BCUT2D eigenvalue weighted by atomic mass is 10.1. The van der Waals surface area contributed by atoms with E-state index in [1.54, 1.807) is 43.5 Å². The molecule has 0 bridgehead atoms. The van der Waals surface area contributed by atoms with Crippen LogP contribution in [0.1, 0.15) is 28.8 Å². The molecule has 0 saturated carbocycles. The van der Waals surface area contributed by atoms with Crippen LogP contribution in [0.3, 0.4) is 0 Å². The molecule has 3 rings (SSSR count). The Morgan fingerprint density at radius 1 is 1.10 bits per heavy atom. The Labute approximate surface area is 177 Å². The summed E-state index contributed by atoms with van der Waals surface area (Å²) in [5.41, 5.74) is 1.20. The van der Waals surface area contributed by atoms with Crippen LogP contribution < -0.4 is 9.47 Å². The Morgan fingerprint density at radius 2 is 1.80 bits per heavy atom. The first-order valence-electron chi connectivity index (χ1n) is 9.70. The molecule has 1 aliphatic heterocycles. The van der Waals surface area contributed by atoms with Crippen molar-refractivity contribution >= 4 is 21.9 Å². The van der Waals surface area contributed by atoms with Crippen LogP contribution in [0.2, 0.25) is 0 Å². The predicted octanol–water partition coefficient (Wildman–Crippen LogP) is 3.94. The monoisotopic (exact) mass is 427 g/mol. The SMILES string of the molecule is C=CCOc1ccc(/C=C/C(=O)c2ccc(S(=O)(=O)N3CCCC3)cc2)cc1OC. The number of allylic oxidation sites excluding steroid dienone is 1. The van der Waals surface area contributed by atoms with Gasteiger partial charge in [0, 0.05) is 18.7 Å². The highest BCUT2D eigenvalue weighted by Crippen LogP contribution is 2.28. The maximum Gasteiger partial charge on any atom is 0.243 e. The first-order valence-corrected chi connectivity index (χ1v) is 11.1. The van der Waals surface area contributed by atoms with Gasteiger partial charge in [0.1, 0.15) is 6.61 Å². The summed E-state index contributed by atoms with van der Waals surface area (Å²) in [4.78, 5) is 12.7. The number of rotatable bonds is 9. The van der Waals surface area contributed by atoms with Crippen LogP contribution in [-0.2, 0) is 10.0 Å². The van der Waals surface area contributed by atoms with Crippen molar-refractivity contribution in [3.05, 3.63) is 72.3 Å². The standard InChI is InChI=1S/C23H25NO5S/c1-3-16-29-22-13-7-18(17-23(22)28-2)6-12-21(25)19-8-10-20(11-9-19)30(26,27)24-14-4-5-15-24/h3,6-13,17H,1,4-5,14-16H2,2H3/b12-6+. The highest BCUT2D eigenvalue weighted by molar-refractivity contribution is 7.89. The molecule has 7 heteroatoms. The zero-order chi connectivity index (χ0) is 21.6. The van der Waals surface area contributed by atoms with Gasteiger partial charge >= 0.3 is 0 Å². The number of ketones is 1. The number of carbonyl (C=O) groups excluding carboxylic acids is 1. The highest BCUT2D eigenvalue weighted by atomic mass is 32.2. The normalized spacial score (nSPS) is 14.7. The molecule has 1 heterocycles. The average Bonchev–Trinajstić information content (AvgIpc) is 3.32. The van der Waals surface area contributed by atoms with Crippen LogP contribution in [0.25, 0.3) is 6.08 Å². The Bertz CT molecular complexity index is 1040. The van der Waals surface area contributed by atoms with Crippen molar-refractivity contribution < 1.29 is 22.7 Å². The highest BCUT2D eigenvalue weighted by Gasteiger charge is 2.27. The number of methoxy groups -OCH3 is 1. The fourth-order valence-electron chi connectivity index (χ4n) is 3.19. The van der Waals surface area contributed by atoms with Crippen LogP contribution in [0, 0.1) is 0 Å². The zero-order valence-electron chi connectivity index (χ0n) is 16.9. The molecule has 6 nitrogen and oxygen atoms in total. The Balaban J connectivity index is 1.71. The summed E-state index contributed by atoms with van der Waals surface area (Å²) < 4.78 is 37.5. The predicted molar refractivity (Wildman–Crippen MR) is 116 cm³/mol. The largest absolute Gasteiger partial charge is 0.493 e. The van der Waals surface area contributed by atoms with Crippen LogP contribution in [0.4, 0.5) is 0 Å². The Kier molecular flexibility index (Phi) is 7.07. The van der Waals surface area contributed by atoms with Crippen LogP contribution in [0.5, 0.6) is 11.5 Å². The summed E-state index contributed by atoms with van der Waals surface area (Å²) in [6, 6.07) is 11.4. The summed E-state index contributed by atoms with van der Waals surface area (Å²) in [6.45, 7) is 5.08. The average molecular weight is 428 g/mol. The molecule has 2 aromatic rings. The lowest BCUT2D eigenvalue weighted by molar-refractivity contribution is 0.104. The summed E-state index contributed by atoms with van der Waals surface area (Å²) in [5.74, 6) is 0.935. The quantitative estimate of drug-likeness (QED) is 0.344. The van der Waals surface area contributed by atoms with Crippen LogP contribution in [0.15, 0.2) is 66.1 Å². The molecule has 0 aliphatic carbocycles. The maximum absolute atomic E-state index is 12.6. The molecule has 158 valence electrons. The molecule has 0 unspecified atom stereocenters. The second-order valence-corrected chi connectivity index (χ2v) is 8.78. The van der Waals surface area contributed by atoms with E-state index in [-0.39, 0.29) is 10.7 Å². The van der Waals surface area contributed by atoms with E-state index in [0.29, 0.717) is 36.8 Å². The second-order valence-electron chi connectivity index (χ2n) is 6.84. The van der Waals surface area contributed by atoms with Gasteiger partial charge in [0.05, 0.1) is 12.0 Å². The molecule has 1 saturated heterocycles. The third-order valence-electron chi connectivity index (χ3n) is 4.81. The molecular formula is C23H25NO5S. The molecule has 0 aromatic heterocycles. The van der Waals surface area contributed by atoms with Crippen molar-refractivity contribution in [3.8, 4) is 11.5 Å². The lowest BCUT2D eigenvalue weighted by Gasteiger charge is -2.15. The molecule has 0 amide bonds. The molecule has 1 aliphatic rings. The van der Waals surface area contributed by atoms with Gasteiger partial charge in [-0.1, -0.05) is 24.8 Å². The van der Waals surface area contributed by atoms with Gasteiger partial charge in [0.15, 0.2) is 17.3 Å². The first-order chi connectivity index (χ1) is 14.5. The van der Waals surface area contributed by atoms with Gasteiger partial charge < -0.3 is 9.47 Å². The van der Waals surface area contributed by atoms with Gasteiger partial charge in [-0.2, -0.15) is 4.31 Å². The molecule has 1 fully saturated rings. The van der Waals surface area contributed by atoms with E-state index in [4.69, 9.17) is 9.47 Å². The van der Waals surface area contributed by atoms with Gasteiger partial charge in [0.2, 0.25) is 10.0 Å². The molecular weight excluding hydrogens is 402 g/mol. The van der Waals surface area contributed by atoms with E-state index >= 15 is 0 Å². The summed E-state index contributed by atoms with van der Waals surface area (Å²) in [6.07, 6.45) is 6.53. The minimum atomic E-state index is -3.48. The van der Waals surface area contributed by atoms with Gasteiger partial charge in [0.25, 0.3) is 0 Å². The Hall–Kier alpha value is -2.90. The van der Waals surface area contributed by atoms with Crippen LogP contribution in [-0.4, -0.2) is 45.3 Å². The van der Waals surface area contributed by atoms with E-state index in [1.807, 2.05) is 6.07 Å². The fourth-order valence-corrected chi connectivity index (χ4v) is 4.71. The summed E-state index contributed by atoms with van der Waals surface area (Å²) >= 11 is 0. The third-order valence-corrected chi connectivity index (χ3v) is 6.73. The second kappa shape index (κ2) is 9.73. The minimum Gasteiger partial charge on any atom is -0.493 e. The molecule has 0 radical (unpaired) electrons. The first kappa shape index (κ1) is 21.8. The number of ether oxygens (including phenoxy) is 2. The van der Waals surface area contributed by atoms with Crippen molar-refractivity contribution in [2.45, 2.75) is 17.7 Å². The van der Waals surface area contributed by atoms with Gasteiger partial charge in [-0.25, -0.2) is 8.42 Å². The van der Waals surface area contributed by atoms with Gasteiger partial charge in [-0.3, -0.25) is 4.79 Å². The Morgan fingerprint density at radius 3 is 2.43 bits per heavy atom. The fraction of sp³-hybridized carbons (Fsp3) is 0.261. The number of nitrogens with zero attached hydrogens (tertiary/aromatic N) is 1. The van der Waals surface area contributed by atoms with Gasteiger partial charge in [-0.05, 0) is 60.9 Å². The molecule has 30 heavy (non-hydrogen) atoms. The van der Waals surface area contributed by atoms with E-state index in [1.165, 1.54) is 22.5 Å². The molecule has 0 spiro atoms. The van der Waals surface area contributed by atoms with E-state index in [9.17, 15) is 13.2 Å². The van der Waals surface area contributed by atoms with Crippen molar-refractivity contribution in [1.29, 1.82) is 0 Å². The summed E-state index contributed by atoms with van der Waals surface area (Å²) in [5, 5.41) is 0. The van der Waals surface area contributed by atoms with E-state index < -0.39 is 10.0 Å².